The van der Waals surface area contributed by atoms with Crippen molar-refractivity contribution in [2.24, 2.45) is 0 Å². The number of carbonyl (C=O) groups is 1. The minimum atomic E-state index is -0.605. The van der Waals surface area contributed by atoms with E-state index in [0.29, 0.717) is 11.3 Å². The molecule has 0 saturated heterocycles. The third-order valence-electron chi connectivity index (χ3n) is 3.27. The molecule has 0 N–H and O–H groups in total. The number of ether oxygens (including phenoxy) is 2. The first-order chi connectivity index (χ1) is 11.0. The lowest BCUT2D eigenvalue weighted by molar-refractivity contribution is 0.0599. The van der Waals surface area contributed by atoms with Crippen LogP contribution < -0.4 is 5.56 Å². The molecule has 122 valence electrons. The second-order valence-electron chi connectivity index (χ2n) is 4.82. The largest absolute Gasteiger partial charge is 0.465 e. The molecule has 2 aromatic rings. The van der Waals surface area contributed by atoms with Gasteiger partial charge in [-0.25, -0.2) is 9.18 Å². The molecule has 0 fully saturated rings. The minimum absolute atomic E-state index is 0.0573. The molecule has 23 heavy (non-hydrogen) atoms. The third kappa shape index (κ3) is 4.17. The predicted molar refractivity (Wildman–Crippen MR) is 91.0 cm³/mol. The van der Waals surface area contributed by atoms with Crippen LogP contribution in [0.5, 0.6) is 0 Å². The zero-order valence-corrected chi connectivity index (χ0v) is 14.8. The SMILES string of the molecule is COCc1cc(C(=O)OC)cc(=O)n1Cc1ccc(I)cc1F. The van der Waals surface area contributed by atoms with Gasteiger partial charge in [0.2, 0.25) is 0 Å². The van der Waals surface area contributed by atoms with E-state index >= 15 is 0 Å². The fraction of sp³-hybridized carbons (Fsp3) is 0.250. The summed E-state index contributed by atoms with van der Waals surface area (Å²) in [7, 11) is 2.72. The third-order valence-corrected chi connectivity index (χ3v) is 3.94. The van der Waals surface area contributed by atoms with Crippen LogP contribution in [0.4, 0.5) is 4.39 Å². The maximum absolute atomic E-state index is 14.0. The van der Waals surface area contributed by atoms with Gasteiger partial charge in [0.05, 0.1) is 25.8 Å². The molecule has 7 heteroatoms. The summed E-state index contributed by atoms with van der Waals surface area (Å²) in [5, 5.41) is 0. The summed E-state index contributed by atoms with van der Waals surface area (Å²) in [6.07, 6.45) is 0. The van der Waals surface area contributed by atoms with Crippen molar-refractivity contribution < 1.29 is 18.7 Å². The lowest BCUT2D eigenvalue weighted by atomic mass is 10.1. The van der Waals surface area contributed by atoms with Crippen molar-refractivity contribution in [3.05, 3.63) is 66.9 Å². The molecule has 0 aliphatic heterocycles. The molecule has 0 radical (unpaired) electrons. The molecule has 0 saturated carbocycles. The van der Waals surface area contributed by atoms with Gasteiger partial charge in [-0.2, -0.15) is 0 Å². The van der Waals surface area contributed by atoms with E-state index in [1.54, 1.807) is 12.1 Å². The second kappa shape index (κ2) is 7.69. The van der Waals surface area contributed by atoms with Gasteiger partial charge in [0.15, 0.2) is 0 Å². The number of pyridine rings is 1. The van der Waals surface area contributed by atoms with Gasteiger partial charge in [-0.1, -0.05) is 6.07 Å². The number of aromatic nitrogens is 1. The Balaban J connectivity index is 2.48. The monoisotopic (exact) mass is 431 g/mol. The average molecular weight is 431 g/mol. The molecule has 0 atom stereocenters. The number of hydrogen-bond acceptors (Lipinski definition) is 4. The topological polar surface area (TPSA) is 57.5 Å². The molecule has 1 heterocycles. The van der Waals surface area contributed by atoms with Crippen molar-refractivity contribution in [1.29, 1.82) is 0 Å². The number of nitrogens with zero attached hydrogens (tertiary/aromatic N) is 1. The summed E-state index contributed by atoms with van der Waals surface area (Å²) in [6, 6.07) is 7.49. The van der Waals surface area contributed by atoms with Crippen LogP contribution >= 0.6 is 22.6 Å². The van der Waals surface area contributed by atoms with E-state index in [9.17, 15) is 14.0 Å². The van der Waals surface area contributed by atoms with E-state index in [1.807, 2.05) is 22.6 Å². The number of carbonyl (C=O) groups excluding carboxylic acids is 1. The highest BCUT2D eigenvalue weighted by atomic mass is 127. The Morgan fingerprint density at radius 2 is 2.00 bits per heavy atom. The van der Waals surface area contributed by atoms with Crippen molar-refractivity contribution in [2.45, 2.75) is 13.2 Å². The first-order valence-electron chi connectivity index (χ1n) is 6.71. The Kier molecular flexibility index (Phi) is 5.89. The summed E-state index contributed by atoms with van der Waals surface area (Å²) in [5.41, 5.74) is 0.579. The fourth-order valence-electron chi connectivity index (χ4n) is 2.15. The van der Waals surface area contributed by atoms with E-state index in [1.165, 1.54) is 37.0 Å². The summed E-state index contributed by atoms with van der Waals surface area (Å²) >= 11 is 2.02. The Morgan fingerprint density at radius 3 is 2.61 bits per heavy atom. The average Bonchev–Trinajstić information content (AvgIpc) is 2.51. The van der Waals surface area contributed by atoms with Crippen LogP contribution in [0, 0.1) is 9.39 Å². The fourth-order valence-corrected chi connectivity index (χ4v) is 2.61. The van der Waals surface area contributed by atoms with Gasteiger partial charge in [-0.05, 0) is 40.8 Å². The van der Waals surface area contributed by atoms with E-state index in [0.717, 1.165) is 3.57 Å². The smallest absolute Gasteiger partial charge is 0.338 e. The van der Waals surface area contributed by atoms with E-state index < -0.39 is 11.5 Å². The van der Waals surface area contributed by atoms with Crippen LogP contribution in [0.3, 0.4) is 0 Å². The highest BCUT2D eigenvalue weighted by Crippen LogP contribution is 2.15. The van der Waals surface area contributed by atoms with Crippen LogP contribution in [0.1, 0.15) is 21.6 Å². The zero-order valence-electron chi connectivity index (χ0n) is 12.6. The number of rotatable bonds is 5. The number of benzene rings is 1. The van der Waals surface area contributed by atoms with Crippen LogP contribution in [0.15, 0.2) is 35.1 Å². The van der Waals surface area contributed by atoms with Gasteiger partial charge < -0.3 is 14.0 Å². The van der Waals surface area contributed by atoms with Gasteiger partial charge in [-0.15, -0.1) is 0 Å². The molecular weight excluding hydrogens is 416 g/mol. The Labute approximate surface area is 146 Å². The molecule has 0 unspecified atom stereocenters. The molecule has 5 nitrogen and oxygen atoms in total. The van der Waals surface area contributed by atoms with Gasteiger partial charge in [0.1, 0.15) is 5.82 Å². The van der Waals surface area contributed by atoms with Gasteiger partial charge in [0.25, 0.3) is 5.56 Å². The molecule has 0 aliphatic rings. The number of halogens is 2. The van der Waals surface area contributed by atoms with Crippen LogP contribution in [-0.4, -0.2) is 24.8 Å². The Morgan fingerprint density at radius 1 is 1.26 bits per heavy atom. The molecule has 0 spiro atoms. The van der Waals surface area contributed by atoms with E-state index in [-0.39, 0.29) is 24.5 Å². The summed E-state index contributed by atoms with van der Waals surface area (Å²) < 4.78 is 25.9. The molecular formula is C16H15FINO4. The first kappa shape index (κ1) is 17.6. The summed E-state index contributed by atoms with van der Waals surface area (Å²) in [6.45, 7) is 0.174. The van der Waals surface area contributed by atoms with Gasteiger partial charge in [-0.3, -0.25) is 4.79 Å². The van der Waals surface area contributed by atoms with Crippen molar-refractivity contribution >= 4 is 28.6 Å². The van der Waals surface area contributed by atoms with Crippen molar-refractivity contribution in [1.82, 2.24) is 4.57 Å². The second-order valence-corrected chi connectivity index (χ2v) is 6.07. The van der Waals surface area contributed by atoms with Crippen molar-refractivity contribution in [3.8, 4) is 0 Å². The summed E-state index contributed by atoms with van der Waals surface area (Å²) in [5.74, 6) is -0.990. The van der Waals surface area contributed by atoms with Crippen LogP contribution in [0.2, 0.25) is 0 Å². The van der Waals surface area contributed by atoms with Crippen molar-refractivity contribution in [3.63, 3.8) is 0 Å². The van der Waals surface area contributed by atoms with E-state index in [2.05, 4.69) is 4.74 Å². The minimum Gasteiger partial charge on any atom is -0.465 e. The summed E-state index contributed by atoms with van der Waals surface area (Å²) in [4.78, 5) is 23.9. The van der Waals surface area contributed by atoms with E-state index in [4.69, 9.17) is 4.74 Å². The lowest BCUT2D eigenvalue weighted by Gasteiger charge is -2.14. The Bertz CT molecular complexity index is 788. The standard InChI is InChI=1S/C16H15FINO4/c1-22-9-13-5-11(16(21)23-2)6-15(20)19(13)8-10-3-4-12(18)7-14(10)17/h3-7H,8-9H2,1-2H3. The van der Waals surface area contributed by atoms with Crippen molar-refractivity contribution in [2.75, 3.05) is 14.2 Å². The van der Waals surface area contributed by atoms with Gasteiger partial charge in [0, 0.05) is 28.0 Å². The Hall–Kier alpha value is -1.74. The maximum Gasteiger partial charge on any atom is 0.338 e. The number of esters is 1. The molecule has 0 bridgehead atoms. The van der Waals surface area contributed by atoms with Crippen LogP contribution in [0.25, 0.3) is 0 Å². The number of hydrogen-bond donors (Lipinski definition) is 0. The normalized spacial score (nSPS) is 10.6. The number of methoxy groups -OCH3 is 2. The quantitative estimate of drug-likeness (QED) is 0.540. The van der Waals surface area contributed by atoms with Gasteiger partial charge >= 0.3 is 5.97 Å². The molecule has 0 aliphatic carbocycles. The molecule has 0 amide bonds. The maximum atomic E-state index is 14.0. The lowest BCUT2D eigenvalue weighted by Crippen LogP contribution is -2.26. The zero-order chi connectivity index (χ0) is 17.0. The highest BCUT2D eigenvalue weighted by molar-refractivity contribution is 14.1. The predicted octanol–water partition coefficient (Wildman–Crippen LogP) is 2.57. The van der Waals surface area contributed by atoms with Crippen LogP contribution in [-0.2, 0) is 22.6 Å². The highest BCUT2D eigenvalue weighted by Gasteiger charge is 2.14. The molecule has 2 rings (SSSR count). The molecule has 1 aromatic heterocycles. The molecule has 1 aromatic carbocycles. The first-order valence-corrected chi connectivity index (χ1v) is 7.79.